The molecule has 0 aromatic heterocycles. The molecule has 0 aliphatic rings. The number of hydrogen-bond acceptors (Lipinski definition) is 4. The van der Waals surface area contributed by atoms with Gasteiger partial charge in [-0.05, 0) is 42.4 Å². The topological polar surface area (TPSA) is 50.8 Å². The van der Waals surface area contributed by atoms with Gasteiger partial charge in [0, 0.05) is 18.7 Å². The molecule has 0 aliphatic heterocycles. The molecule has 0 radical (unpaired) electrons. The maximum Gasteiger partial charge on any atom is 0.251 e. The van der Waals surface area contributed by atoms with Crippen molar-refractivity contribution in [3.63, 3.8) is 0 Å². The Kier molecular flexibility index (Phi) is 8.56. The van der Waals surface area contributed by atoms with Gasteiger partial charge in [0.15, 0.2) is 11.5 Å². The highest BCUT2D eigenvalue weighted by atomic mass is 16.5. The third kappa shape index (κ3) is 6.13. The maximum absolute atomic E-state index is 12.5. The molecule has 1 N–H and O–H groups in total. The summed E-state index contributed by atoms with van der Waals surface area (Å²) in [5.41, 5.74) is 2.87. The van der Waals surface area contributed by atoms with Crippen molar-refractivity contribution >= 4 is 5.91 Å². The van der Waals surface area contributed by atoms with Crippen LogP contribution in [0.4, 0.5) is 0 Å². The summed E-state index contributed by atoms with van der Waals surface area (Å²) in [6, 6.07) is 13.5. The van der Waals surface area contributed by atoms with Crippen LogP contribution in [0.25, 0.3) is 0 Å². The van der Waals surface area contributed by atoms with Gasteiger partial charge in [-0.15, -0.1) is 0 Å². The molecule has 0 saturated heterocycles. The molecular weight excluding hydrogens is 352 g/mol. The Hall–Kier alpha value is -2.79. The summed E-state index contributed by atoms with van der Waals surface area (Å²) in [5, 5.41) is 2.95. The number of methoxy groups -OCH3 is 1. The van der Waals surface area contributed by atoms with Gasteiger partial charge >= 0.3 is 0 Å². The van der Waals surface area contributed by atoms with E-state index in [0.717, 1.165) is 25.2 Å². The van der Waals surface area contributed by atoms with E-state index in [0.29, 0.717) is 30.2 Å². The van der Waals surface area contributed by atoms with Gasteiger partial charge in [0.25, 0.3) is 5.91 Å². The van der Waals surface area contributed by atoms with Gasteiger partial charge in [-0.3, -0.25) is 9.69 Å². The number of rotatable bonds is 11. The van der Waals surface area contributed by atoms with Crippen molar-refractivity contribution in [2.45, 2.75) is 26.9 Å². The molecule has 0 spiro atoms. The zero-order chi connectivity index (χ0) is 20.4. The van der Waals surface area contributed by atoms with Crippen LogP contribution < -0.4 is 14.8 Å². The molecule has 0 heterocycles. The zero-order valence-electron chi connectivity index (χ0n) is 17.0. The number of hydrogen-bond donors (Lipinski definition) is 1. The van der Waals surface area contributed by atoms with Crippen molar-refractivity contribution < 1.29 is 14.3 Å². The van der Waals surface area contributed by atoms with Crippen LogP contribution in [0.1, 0.15) is 35.3 Å². The van der Waals surface area contributed by atoms with Crippen LogP contribution in [0.2, 0.25) is 0 Å². The molecule has 2 aromatic carbocycles. The minimum Gasteiger partial charge on any atom is -0.493 e. The van der Waals surface area contributed by atoms with E-state index < -0.39 is 0 Å². The van der Waals surface area contributed by atoms with E-state index in [9.17, 15) is 4.79 Å². The van der Waals surface area contributed by atoms with Crippen LogP contribution in [0.15, 0.2) is 55.1 Å². The Balaban J connectivity index is 1.95. The Bertz CT molecular complexity index is 768. The van der Waals surface area contributed by atoms with Crippen molar-refractivity contribution in [3.8, 4) is 11.5 Å². The number of ether oxygens (including phenoxy) is 2. The molecule has 1 amide bonds. The first-order valence-corrected chi connectivity index (χ1v) is 9.61. The quantitative estimate of drug-likeness (QED) is 0.596. The second-order valence-corrected chi connectivity index (χ2v) is 6.43. The minimum absolute atomic E-state index is 0.152. The average Bonchev–Trinajstić information content (AvgIpc) is 2.74. The number of nitrogens with one attached hydrogen (secondary N) is 1. The van der Waals surface area contributed by atoms with Crippen LogP contribution in [0, 0.1) is 0 Å². The van der Waals surface area contributed by atoms with E-state index in [2.05, 4.69) is 54.9 Å². The van der Waals surface area contributed by atoms with Crippen molar-refractivity contribution in [1.29, 1.82) is 0 Å². The number of nitrogens with zero attached hydrogens (tertiary/aromatic N) is 1. The number of amides is 1. The summed E-state index contributed by atoms with van der Waals surface area (Å²) in [6.07, 6.45) is 1.66. The van der Waals surface area contributed by atoms with E-state index >= 15 is 0 Å². The highest BCUT2D eigenvalue weighted by molar-refractivity contribution is 5.94. The highest BCUT2D eigenvalue weighted by Crippen LogP contribution is 2.28. The van der Waals surface area contributed by atoms with Gasteiger partial charge in [-0.1, -0.05) is 50.8 Å². The Labute approximate surface area is 168 Å². The molecule has 0 atom stereocenters. The average molecular weight is 383 g/mol. The molecule has 0 aliphatic carbocycles. The molecule has 0 bridgehead atoms. The fourth-order valence-electron chi connectivity index (χ4n) is 2.83. The van der Waals surface area contributed by atoms with Gasteiger partial charge in [-0.25, -0.2) is 0 Å². The lowest BCUT2D eigenvalue weighted by Crippen LogP contribution is -2.23. The van der Waals surface area contributed by atoms with Gasteiger partial charge < -0.3 is 14.8 Å². The second kappa shape index (κ2) is 11.1. The van der Waals surface area contributed by atoms with Crippen LogP contribution in [0.5, 0.6) is 11.5 Å². The predicted octanol–water partition coefficient (Wildman–Crippen LogP) is 4.03. The van der Waals surface area contributed by atoms with Crippen LogP contribution in [0.3, 0.4) is 0 Å². The summed E-state index contributed by atoms with van der Waals surface area (Å²) in [6.45, 7) is 11.8. The molecule has 0 fully saturated rings. The molecule has 28 heavy (non-hydrogen) atoms. The maximum atomic E-state index is 12.5. The lowest BCUT2D eigenvalue weighted by Gasteiger charge is -2.18. The van der Waals surface area contributed by atoms with Gasteiger partial charge in [0.1, 0.15) is 6.61 Å². The van der Waals surface area contributed by atoms with Crippen molar-refractivity contribution in [2.24, 2.45) is 0 Å². The molecule has 0 saturated carbocycles. The smallest absolute Gasteiger partial charge is 0.251 e. The summed E-state index contributed by atoms with van der Waals surface area (Å²) < 4.78 is 10.8. The first kappa shape index (κ1) is 21.5. The first-order valence-electron chi connectivity index (χ1n) is 9.61. The lowest BCUT2D eigenvalue weighted by molar-refractivity contribution is 0.0950. The summed E-state index contributed by atoms with van der Waals surface area (Å²) in [4.78, 5) is 14.8. The van der Waals surface area contributed by atoms with E-state index in [1.807, 2.05) is 0 Å². The molecule has 0 unspecified atom stereocenters. The molecule has 150 valence electrons. The first-order chi connectivity index (χ1) is 13.6. The summed E-state index contributed by atoms with van der Waals surface area (Å²) >= 11 is 0. The standard InChI is InChI=1S/C23H30N2O3/c1-5-14-28-21-13-12-20(15-22(21)27-4)23(26)24-16-18-8-10-19(11-9-18)17-25(6-2)7-3/h5,8-13,15H,1,6-7,14,16-17H2,2-4H3,(H,24,26). The minimum atomic E-state index is -0.152. The third-order valence-corrected chi connectivity index (χ3v) is 4.56. The van der Waals surface area contributed by atoms with E-state index in [4.69, 9.17) is 9.47 Å². The number of benzene rings is 2. The van der Waals surface area contributed by atoms with Crippen molar-refractivity contribution in [1.82, 2.24) is 10.2 Å². The summed E-state index contributed by atoms with van der Waals surface area (Å²) in [5.74, 6) is 0.957. The largest absolute Gasteiger partial charge is 0.493 e. The van der Waals surface area contributed by atoms with Gasteiger partial charge in [-0.2, -0.15) is 0 Å². The number of carbonyl (C=O) groups excluding carboxylic acids is 1. The van der Waals surface area contributed by atoms with Crippen LogP contribution in [-0.4, -0.2) is 37.6 Å². The fraction of sp³-hybridized carbons (Fsp3) is 0.348. The molecule has 2 rings (SSSR count). The number of carbonyl (C=O) groups is 1. The normalized spacial score (nSPS) is 10.6. The van der Waals surface area contributed by atoms with E-state index in [1.54, 1.807) is 31.4 Å². The second-order valence-electron chi connectivity index (χ2n) is 6.43. The van der Waals surface area contributed by atoms with E-state index in [1.165, 1.54) is 5.56 Å². The Morgan fingerprint density at radius 2 is 1.75 bits per heavy atom. The third-order valence-electron chi connectivity index (χ3n) is 4.56. The van der Waals surface area contributed by atoms with Crippen LogP contribution in [-0.2, 0) is 13.1 Å². The summed E-state index contributed by atoms with van der Waals surface area (Å²) in [7, 11) is 1.55. The fourth-order valence-corrected chi connectivity index (χ4v) is 2.83. The molecule has 2 aromatic rings. The van der Waals surface area contributed by atoms with Crippen molar-refractivity contribution in [2.75, 3.05) is 26.8 Å². The van der Waals surface area contributed by atoms with Crippen LogP contribution >= 0.6 is 0 Å². The Morgan fingerprint density at radius 1 is 1.07 bits per heavy atom. The predicted molar refractivity (Wildman–Crippen MR) is 113 cm³/mol. The van der Waals surface area contributed by atoms with Gasteiger partial charge in [0.05, 0.1) is 7.11 Å². The van der Waals surface area contributed by atoms with Gasteiger partial charge in [0.2, 0.25) is 0 Å². The monoisotopic (exact) mass is 382 g/mol. The lowest BCUT2D eigenvalue weighted by atomic mass is 10.1. The Morgan fingerprint density at radius 3 is 2.36 bits per heavy atom. The molecular formula is C23H30N2O3. The molecule has 5 nitrogen and oxygen atoms in total. The van der Waals surface area contributed by atoms with E-state index in [-0.39, 0.29) is 5.91 Å². The highest BCUT2D eigenvalue weighted by Gasteiger charge is 2.11. The SMILES string of the molecule is C=CCOc1ccc(C(=O)NCc2ccc(CN(CC)CC)cc2)cc1OC. The molecule has 5 heteroatoms. The zero-order valence-corrected chi connectivity index (χ0v) is 17.0. The van der Waals surface area contributed by atoms with Crippen molar-refractivity contribution in [3.05, 3.63) is 71.8 Å².